The van der Waals surface area contributed by atoms with E-state index in [2.05, 4.69) is 16.0 Å². The summed E-state index contributed by atoms with van der Waals surface area (Å²) in [4.78, 5) is 39.4. The molecule has 1 atom stereocenters. The number of rotatable bonds is 4. The van der Waals surface area contributed by atoms with Crippen LogP contribution < -0.4 is 16.0 Å². The number of amides is 3. The standard InChI is InChI=1S/C21H21ClN4O3S2/c1-11-5-6-12(7-15(11)22)24-21(30)23-8-17-13-9-26(20(29)14(13)10-31-17)16-3-2-4-18(27)25-19(16)28/h5-7,10,16H,2-4,8-9H2,1H3,(H2,23,24,30)(H,25,27,28). The van der Waals surface area contributed by atoms with E-state index in [9.17, 15) is 14.4 Å². The van der Waals surface area contributed by atoms with Crippen LogP contribution in [-0.4, -0.2) is 33.8 Å². The first-order valence-corrected chi connectivity index (χ1v) is 11.5. The largest absolute Gasteiger partial charge is 0.358 e. The SMILES string of the molecule is Cc1ccc(NC(=S)NCc2scc3c2CN(C2CCCC(=O)NC2=O)C3=O)cc1Cl. The summed E-state index contributed by atoms with van der Waals surface area (Å²) in [7, 11) is 0. The van der Waals surface area contributed by atoms with Crippen LogP contribution in [0.1, 0.15) is 45.6 Å². The minimum atomic E-state index is -0.619. The van der Waals surface area contributed by atoms with Gasteiger partial charge < -0.3 is 15.5 Å². The van der Waals surface area contributed by atoms with Crippen LogP contribution in [0.5, 0.6) is 0 Å². The minimum absolute atomic E-state index is 0.165. The van der Waals surface area contributed by atoms with Crippen molar-refractivity contribution in [1.82, 2.24) is 15.5 Å². The molecule has 0 spiro atoms. The van der Waals surface area contributed by atoms with Gasteiger partial charge in [0.15, 0.2) is 5.11 Å². The van der Waals surface area contributed by atoms with Gasteiger partial charge in [-0.1, -0.05) is 17.7 Å². The molecule has 0 radical (unpaired) electrons. The van der Waals surface area contributed by atoms with Crippen LogP contribution in [0.15, 0.2) is 23.6 Å². The highest BCUT2D eigenvalue weighted by molar-refractivity contribution is 7.80. The molecule has 3 N–H and O–H groups in total. The summed E-state index contributed by atoms with van der Waals surface area (Å²) in [6, 6.07) is 5.01. The van der Waals surface area contributed by atoms with Crippen molar-refractivity contribution in [3.63, 3.8) is 0 Å². The third-order valence-corrected chi connectivity index (χ3v) is 7.14. The van der Waals surface area contributed by atoms with E-state index in [1.807, 2.05) is 30.5 Å². The number of nitrogens with zero attached hydrogens (tertiary/aromatic N) is 1. The van der Waals surface area contributed by atoms with Gasteiger partial charge >= 0.3 is 0 Å². The van der Waals surface area contributed by atoms with Crippen molar-refractivity contribution >= 4 is 63.7 Å². The number of anilines is 1. The van der Waals surface area contributed by atoms with Gasteiger partial charge in [-0.05, 0) is 55.2 Å². The average molecular weight is 477 g/mol. The molecule has 1 unspecified atom stereocenters. The maximum Gasteiger partial charge on any atom is 0.256 e. The number of thiocarbonyl (C=S) groups is 1. The van der Waals surface area contributed by atoms with Gasteiger partial charge in [0, 0.05) is 33.9 Å². The third kappa shape index (κ3) is 4.58. The monoisotopic (exact) mass is 476 g/mol. The summed E-state index contributed by atoms with van der Waals surface area (Å²) in [6.45, 7) is 2.75. The molecule has 31 heavy (non-hydrogen) atoms. The highest BCUT2D eigenvalue weighted by atomic mass is 35.5. The third-order valence-electron chi connectivity index (χ3n) is 5.46. The molecule has 10 heteroatoms. The lowest BCUT2D eigenvalue weighted by molar-refractivity contribution is -0.132. The zero-order valence-electron chi connectivity index (χ0n) is 16.8. The number of halogens is 1. The number of benzene rings is 1. The second-order valence-electron chi connectivity index (χ2n) is 7.58. The first-order chi connectivity index (χ1) is 14.8. The quantitative estimate of drug-likeness (QED) is 0.463. The van der Waals surface area contributed by atoms with E-state index in [1.165, 1.54) is 11.3 Å². The molecule has 0 aliphatic carbocycles. The minimum Gasteiger partial charge on any atom is -0.358 e. The van der Waals surface area contributed by atoms with Crippen LogP contribution in [0, 0.1) is 6.92 Å². The van der Waals surface area contributed by atoms with Crippen LogP contribution in [0.2, 0.25) is 5.02 Å². The molecule has 1 saturated heterocycles. The average Bonchev–Trinajstić information content (AvgIpc) is 3.21. The van der Waals surface area contributed by atoms with Crippen molar-refractivity contribution in [2.24, 2.45) is 0 Å². The summed E-state index contributed by atoms with van der Waals surface area (Å²) in [5.74, 6) is -0.845. The summed E-state index contributed by atoms with van der Waals surface area (Å²) in [6.07, 6.45) is 1.37. The van der Waals surface area contributed by atoms with Gasteiger partial charge in [-0.2, -0.15) is 0 Å². The molecule has 1 aromatic heterocycles. The Labute approximate surface area is 194 Å². The van der Waals surface area contributed by atoms with E-state index in [0.29, 0.717) is 48.1 Å². The van der Waals surface area contributed by atoms with E-state index in [1.54, 1.807) is 4.90 Å². The molecule has 2 aliphatic heterocycles. The predicted molar refractivity (Wildman–Crippen MR) is 124 cm³/mol. The lowest BCUT2D eigenvalue weighted by atomic mass is 10.1. The van der Waals surface area contributed by atoms with Crippen LogP contribution >= 0.6 is 35.2 Å². The fraction of sp³-hybridized carbons (Fsp3) is 0.333. The van der Waals surface area contributed by atoms with Gasteiger partial charge in [0.05, 0.1) is 12.1 Å². The van der Waals surface area contributed by atoms with E-state index in [-0.39, 0.29) is 11.8 Å². The van der Waals surface area contributed by atoms with Gasteiger partial charge in [-0.25, -0.2) is 0 Å². The van der Waals surface area contributed by atoms with E-state index < -0.39 is 11.9 Å². The number of imide groups is 1. The second kappa shape index (κ2) is 8.94. The van der Waals surface area contributed by atoms with Crippen molar-refractivity contribution in [1.29, 1.82) is 0 Å². The topological polar surface area (TPSA) is 90.5 Å². The molecule has 3 heterocycles. The Morgan fingerprint density at radius 2 is 2.16 bits per heavy atom. The number of carbonyl (C=O) groups is 3. The van der Waals surface area contributed by atoms with Crippen molar-refractivity contribution in [3.05, 3.63) is 50.2 Å². The van der Waals surface area contributed by atoms with Crippen LogP contribution in [0.4, 0.5) is 5.69 Å². The van der Waals surface area contributed by atoms with E-state index >= 15 is 0 Å². The number of hydrogen-bond acceptors (Lipinski definition) is 5. The van der Waals surface area contributed by atoms with E-state index in [4.69, 9.17) is 23.8 Å². The van der Waals surface area contributed by atoms with Gasteiger partial charge in [-0.15, -0.1) is 11.3 Å². The molecule has 3 amide bonds. The zero-order valence-corrected chi connectivity index (χ0v) is 19.2. The number of carbonyl (C=O) groups excluding carboxylic acids is 3. The summed E-state index contributed by atoms with van der Waals surface area (Å²) >= 11 is 13.0. The molecular weight excluding hydrogens is 456 g/mol. The summed E-state index contributed by atoms with van der Waals surface area (Å²) < 4.78 is 0. The molecule has 1 aromatic carbocycles. The smallest absolute Gasteiger partial charge is 0.256 e. The normalized spacial score (nSPS) is 18.5. The van der Waals surface area contributed by atoms with Gasteiger partial charge in [0.2, 0.25) is 11.8 Å². The van der Waals surface area contributed by atoms with Gasteiger partial charge in [0.1, 0.15) is 6.04 Å². The number of nitrogens with one attached hydrogen (secondary N) is 3. The molecule has 1 fully saturated rings. The summed E-state index contributed by atoms with van der Waals surface area (Å²) in [5.41, 5.74) is 3.31. The number of aryl methyl sites for hydroxylation is 1. The predicted octanol–water partition coefficient (Wildman–Crippen LogP) is 3.35. The molecule has 2 aliphatic rings. The Morgan fingerprint density at radius 3 is 2.94 bits per heavy atom. The molecule has 4 rings (SSSR count). The molecule has 2 aromatic rings. The molecule has 7 nitrogen and oxygen atoms in total. The van der Waals surface area contributed by atoms with Crippen LogP contribution in [0.3, 0.4) is 0 Å². The maximum atomic E-state index is 12.9. The Balaban J connectivity index is 1.40. The lowest BCUT2D eigenvalue weighted by Crippen LogP contribution is -2.47. The first kappa shape index (κ1) is 21.7. The Hall–Kier alpha value is -2.49. The fourth-order valence-electron chi connectivity index (χ4n) is 3.75. The Kier molecular flexibility index (Phi) is 6.27. The molecule has 162 valence electrons. The molecule has 0 saturated carbocycles. The number of hydrogen-bond donors (Lipinski definition) is 3. The van der Waals surface area contributed by atoms with Crippen molar-refractivity contribution in [2.75, 3.05) is 5.32 Å². The highest BCUT2D eigenvalue weighted by Crippen LogP contribution is 2.33. The number of thiophene rings is 1. The molecular formula is C21H21ClN4O3S2. The van der Waals surface area contributed by atoms with Crippen molar-refractivity contribution in [2.45, 2.75) is 45.3 Å². The van der Waals surface area contributed by atoms with Crippen molar-refractivity contribution < 1.29 is 14.4 Å². The highest BCUT2D eigenvalue weighted by Gasteiger charge is 2.39. The molecule has 0 bridgehead atoms. The van der Waals surface area contributed by atoms with Crippen molar-refractivity contribution in [3.8, 4) is 0 Å². The lowest BCUT2D eigenvalue weighted by Gasteiger charge is -2.25. The fourth-order valence-corrected chi connectivity index (χ4v) is 5.09. The second-order valence-corrected chi connectivity index (χ2v) is 9.36. The van der Waals surface area contributed by atoms with Crippen LogP contribution in [0.25, 0.3) is 0 Å². The Morgan fingerprint density at radius 1 is 1.35 bits per heavy atom. The first-order valence-electron chi connectivity index (χ1n) is 9.88. The zero-order chi connectivity index (χ0) is 22.1. The Bertz CT molecular complexity index is 1080. The van der Waals surface area contributed by atoms with Crippen LogP contribution in [-0.2, 0) is 22.7 Å². The number of fused-ring (bicyclic) bond motifs is 1. The van der Waals surface area contributed by atoms with E-state index in [0.717, 1.165) is 21.7 Å². The summed E-state index contributed by atoms with van der Waals surface area (Å²) in [5, 5.41) is 11.6. The maximum absolute atomic E-state index is 12.9. The van der Waals surface area contributed by atoms with Gasteiger partial charge in [-0.3, -0.25) is 19.7 Å². The van der Waals surface area contributed by atoms with Gasteiger partial charge in [0.25, 0.3) is 5.91 Å².